The fourth-order valence-corrected chi connectivity index (χ4v) is 2.00. The fourth-order valence-electron chi connectivity index (χ4n) is 2.00. The predicted octanol–water partition coefficient (Wildman–Crippen LogP) is -0.195. The first-order valence-corrected chi connectivity index (χ1v) is 5.59. The first-order chi connectivity index (χ1) is 7.99. The van der Waals surface area contributed by atoms with Crippen LogP contribution in [0.15, 0.2) is 0 Å². The minimum absolute atomic E-state index is 0.0828. The van der Waals surface area contributed by atoms with Crippen molar-refractivity contribution < 1.29 is 23.1 Å². The van der Waals surface area contributed by atoms with Gasteiger partial charge in [-0.1, -0.05) is 0 Å². The predicted molar refractivity (Wildman–Crippen MR) is 53.5 cm³/mol. The molecular weight excluding hydrogens is 234 g/mol. The molecule has 2 saturated heterocycles. The molecule has 0 aromatic heterocycles. The van der Waals surface area contributed by atoms with Crippen molar-refractivity contribution >= 4 is 11.9 Å². The molecule has 1 amide bonds. The normalized spacial score (nSPS) is 32.1. The lowest BCUT2D eigenvalue weighted by atomic mass is 10.1. The Labute approximate surface area is 96.9 Å². The van der Waals surface area contributed by atoms with Crippen molar-refractivity contribution in [1.29, 1.82) is 0 Å². The number of alkyl halides is 2. The van der Waals surface area contributed by atoms with Crippen LogP contribution in [0.1, 0.15) is 19.3 Å². The van der Waals surface area contributed by atoms with Gasteiger partial charge in [-0.25, -0.2) is 4.79 Å². The van der Waals surface area contributed by atoms with Crippen LogP contribution in [0.25, 0.3) is 0 Å². The third kappa shape index (κ3) is 2.71. The third-order valence-electron chi connectivity index (χ3n) is 2.93. The van der Waals surface area contributed by atoms with E-state index in [0.717, 1.165) is 6.42 Å². The monoisotopic (exact) mass is 248 g/mol. The molecule has 7 heteroatoms. The summed E-state index contributed by atoms with van der Waals surface area (Å²) in [5, 5.41) is 5.52. The third-order valence-corrected chi connectivity index (χ3v) is 2.93. The summed E-state index contributed by atoms with van der Waals surface area (Å²) in [6, 6.07) is -0.378. The molecule has 5 nitrogen and oxygen atoms in total. The average Bonchev–Trinajstić information content (AvgIpc) is 2.52. The molecule has 0 spiro atoms. The molecule has 0 aromatic rings. The molecule has 2 aliphatic rings. The summed E-state index contributed by atoms with van der Waals surface area (Å²) in [5.74, 6) is -4.99. The topological polar surface area (TPSA) is 67.4 Å². The van der Waals surface area contributed by atoms with Crippen molar-refractivity contribution in [3.05, 3.63) is 0 Å². The van der Waals surface area contributed by atoms with E-state index >= 15 is 0 Å². The van der Waals surface area contributed by atoms with E-state index in [1.165, 1.54) is 0 Å². The molecule has 17 heavy (non-hydrogen) atoms. The van der Waals surface area contributed by atoms with Gasteiger partial charge in [0.1, 0.15) is 6.10 Å². The average molecular weight is 248 g/mol. The van der Waals surface area contributed by atoms with E-state index in [1.807, 2.05) is 0 Å². The molecule has 2 unspecified atom stereocenters. The number of carbonyl (C=O) groups is 2. The zero-order valence-corrected chi connectivity index (χ0v) is 9.17. The van der Waals surface area contributed by atoms with Crippen LogP contribution in [0.3, 0.4) is 0 Å². The Morgan fingerprint density at radius 2 is 2.24 bits per heavy atom. The van der Waals surface area contributed by atoms with Gasteiger partial charge in [-0.2, -0.15) is 8.78 Å². The van der Waals surface area contributed by atoms with Gasteiger partial charge in [0.05, 0.1) is 12.5 Å². The number of halogens is 2. The number of carbonyl (C=O) groups excluding carboxylic acids is 2. The molecular formula is C10H14F2N2O3. The van der Waals surface area contributed by atoms with Crippen LogP contribution in [0, 0.1) is 0 Å². The van der Waals surface area contributed by atoms with Gasteiger partial charge in [0.25, 0.3) is 0 Å². The highest BCUT2D eigenvalue weighted by Crippen LogP contribution is 2.30. The second-order valence-electron chi connectivity index (χ2n) is 4.33. The number of ether oxygens (including phenoxy) is 1. The lowest BCUT2D eigenvalue weighted by molar-refractivity contribution is -0.159. The van der Waals surface area contributed by atoms with Crippen molar-refractivity contribution in [3.8, 4) is 0 Å². The number of nitrogens with one attached hydrogen (secondary N) is 2. The highest BCUT2D eigenvalue weighted by Gasteiger charge is 2.50. The van der Waals surface area contributed by atoms with E-state index < -0.39 is 24.4 Å². The highest BCUT2D eigenvalue weighted by atomic mass is 19.3. The van der Waals surface area contributed by atoms with Crippen LogP contribution in [0.4, 0.5) is 8.78 Å². The van der Waals surface area contributed by atoms with Crippen molar-refractivity contribution in [2.45, 2.75) is 37.3 Å². The number of amides is 1. The molecule has 2 N–H and O–H groups in total. The molecule has 2 rings (SSSR count). The van der Waals surface area contributed by atoms with E-state index in [1.54, 1.807) is 0 Å². The van der Waals surface area contributed by atoms with E-state index in [0.29, 0.717) is 13.0 Å². The van der Waals surface area contributed by atoms with E-state index in [4.69, 9.17) is 0 Å². The number of hydrogen-bond acceptors (Lipinski definition) is 4. The van der Waals surface area contributed by atoms with Crippen molar-refractivity contribution in [3.63, 3.8) is 0 Å². The van der Waals surface area contributed by atoms with E-state index in [-0.39, 0.29) is 18.5 Å². The Bertz CT molecular complexity index is 336. The summed E-state index contributed by atoms with van der Waals surface area (Å²) in [7, 11) is 0. The first kappa shape index (κ1) is 12.2. The summed E-state index contributed by atoms with van der Waals surface area (Å²) in [6.45, 7) is 0.729. The van der Waals surface area contributed by atoms with Crippen molar-refractivity contribution in [1.82, 2.24) is 10.6 Å². The van der Waals surface area contributed by atoms with Gasteiger partial charge in [-0.3, -0.25) is 4.79 Å². The maximum absolute atomic E-state index is 12.8. The summed E-state index contributed by atoms with van der Waals surface area (Å²) >= 11 is 0. The quantitative estimate of drug-likeness (QED) is 0.679. The maximum atomic E-state index is 12.8. The Hall–Kier alpha value is -1.24. The van der Waals surface area contributed by atoms with Crippen LogP contribution in [-0.4, -0.2) is 43.0 Å². The van der Waals surface area contributed by atoms with Gasteiger partial charge in [0, 0.05) is 13.1 Å². The maximum Gasteiger partial charge on any atom is 0.377 e. The molecule has 2 atom stereocenters. The highest BCUT2D eigenvalue weighted by molar-refractivity contribution is 5.82. The zero-order chi connectivity index (χ0) is 12.5. The van der Waals surface area contributed by atoms with Gasteiger partial charge < -0.3 is 15.4 Å². The molecule has 96 valence electrons. The SMILES string of the molecule is O=C1NCCCC1NCC1CC(F)(F)C(=O)O1. The Morgan fingerprint density at radius 1 is 1.47 bits per heavy atom. The fraction of sp³-hybridized carbons (Fsp3) is 0.800. The summed E-state index contributed by atoms with van der Waals surface area (Å²) in [6.07, 6.45) is 0.0484. The number of cyclic esters (lactones) is 1. The number of rotatable bonds is 3. The zero-order valence-electron chi connectivity index (χ0n) is 9.17. The van der Waals surface area contributed by atoms with Gasteiger partial charge >= 0.3 is 11.9 Å². The number of hydrogen-bond donors (Lipinski definition) is 2. The van der Waals surface area contributed by atoms with Crippen LogP contribution < -0.4 is 10.6 Å². The molecule has 2 fully saturated rings. The summed E-state index contributed by atoms with van der Waals surface area (Å²) < 4.78 is 30.2. The number of piperidine rings is 1. The minimum Gasteiger partial charge on any atom is -0.456 e. The Balaban J connectivity index is 1.79. The van der Waals surface area contributed by atoms with Crippen LogP contribution in [-0.2, 0) is 14.3 Å². The molecule has 0 saturated carbocycles. The standard InChI is InChI=1S/C10H14F2N2O3/c11-10(12)4-6(17-9(10)16)5-14-7-2-1-3-13-8(7)15/h6-7,14H,1-5H2,(H,13,15). The molecule has 2 aliphatic heterocycles. The van der Waals surface area contributed by atoms with Gasteiger partial charge in [0.2, 0.25) is 5.91 Å². The molecule has 0 bridgehead atoms. The summed E-state index contributed by atoms with van der Waals surface area (Å²) in [4.78, 5) is 22.1. The van der Waals surface area contributed by atoms with Crippen LogP contribution in [0.2, 0.25) is 0 Å². The van der Waals surface area contributed by atoms with Crippen molar-refractivity contribution in [2.75, 3.05) is 13.1 Å². The van der Waals surface area contributed by atoms with Crippen LogP contribution >= 0.6 is 0 Å². The lowest BCUT2D eigenvalue weighted by Crippen LogP contribution is -2.50. The second kappa shape index (κ2) is 4.56. The number of esters is 1. The van der Waals surface area contributed by atoms with E-state index in [2.05, 4.69) is 15.4 Å². The van der Waals surface area contributed by atoms with Crippen molar-refractivity contribution in [2.24, 2.45) is 0 Å². The van der Waals surface area contributed by atoms with Gasteiger partial charge in [-0.15, -0.1) is 0 Å². The Morgan fingerprint density at radius 3 is 2.82 bits per heavy atom. The summed E-state index contributed by atoms with van der Waals surface area (Å²) in [5.41, 5.74) is 0. The lowest BCUT2D eigenvalue weighted by Gasteiger charge is -2.23. The minimum atomic E-state index is -3.39. The second-order valence-corrected chi connectivity index (χ2v) is 4.33. The molecule has 0 aliphatic carbocycles. The smallest absolute Gasteiger partial charge is 0.377 e. The molecule has 0 aromatic carbocycles. The first-order valence-electron chi connectivity index (χ1n) is 5.59. The largest absolute Gasteiger partial charge is 0.456 e. The van der Waals surface area contributed by atoms with Gasteiger partial charge in [-0.05, 0) is 12.8 Å². The molecule has 2 heterocycles. The van der Waals surface area contributed by atoms with E-state index in [9.17, 15) is 18.4 Å². The van der Waals surface area contributed by atoms with Crippen LogP contribution in [0.5, 0.6) is 0 Å². The Kier molecular flexibility index (Phi) is 3.28. The molecule has 0 radical (unpaired) electrons. The van der Waals surface area contributed by atoms with Gasteiger partial charge in [0.15, 0.2) is 0 Å².